The number of imidazole rings is 1. The van der Waals surface area contributed by atoms with Crippen molar-refractivity contribution in [2.24, 2.45) is 0 Å². The van der Waals surface area contributed by atoms with Gasteiger partial charge in [-0.25, -0.2) is 18.3 Å². The van der Waals surface area contributed by atoms with Crippen LogP contribution in [0.4, 0.5) is 20.3 Å². The number of pyridine rings is 1. The zero-order chi connectivity index (χ0) is 24.6. The number of aliphatic hydroxyl groups excluding tert-OH is 1. The fourth-order valence-electron chi connectivity index (χ4n) is 5.11. The molecule has 184 valence electrons. The van der Waals surface area contributed by atoms with E-state index in [1.807, 2.05) is 47.5 Å². The van der Waals surface area contributed by atoms with Crippen LogP contribution in [0.15, 0.2) is 54.9 Å². The Bertz CT molecular complexity index is 1420. The maximum Gasteiger partial charge on any atom is 0.154 e. The molecule has 0 spiro atoms. The zero-order valence-corrected chi connectivity index (χ0v) is 19.6. The highest BCUT2D eigenvalue weighted by molar-refractivity contribution is 5.68. The van der Waals surface area contributed by atoms with Crippen LogP contribution >= 0.6 is 0 Å². The third-order valence-electron chi connectivity index (χ3n) is 6.96. The maximum absolute atomic E-state index is 14.5. The average molecular weight is 489 g/mol. The number of fused-ring (bicyclic) bond motifs is 1. The number of anilines is 2. The molecule has 0 saturated carbocycles. The minimum absolute atomic E-state index is 0.271. The molecule has 0 amide bonds. The van der Waals surface area contributed by atoms with E-state index in [-0.39, 0.29) is 12.1 Å². The Morgan fingerprint density at radius 1 is 0.944 bits per heavy atom. The van der Waals surface area contributed by atoms with Gasteiger partial charge in [0.05, 0.1) is 41.6 Å². The van der Waals surface area contributed by atoms with Gasteiger partial charge in [0.15, 0.2) is 5.65 Å². The second kappa shape index (κ2) is 9.31. The van der Waals surface area contributed by atoms with Gasteiger partial charge in [0.2, 0.25) is 0 Å². The first-order valence-electron chi connectivity index (χ1n) is 12.2. The van der Waals surface area contributed by atoms with Crippen LogP contribution in [0.5, 0.6) is 0 Å². The van der Waals surface area contributed by atoms with Gasteiger partial charge in [-0.05, 0) is 73.9 Å². The smallest absolute Gasteiger partial charge is 0.154 e. The standard InChI is InChI=1S/C27H26F2N6O/c28-18-3-8-24(29)23(14-18)25-2-1-12-34(25)27-10-9-26-31-16-21(35(26)32-27)7-5-19-4-6-20(15-30-19)33-13-11-22(36)17-33/h3-10,14-16,22,25,36H,1-2,11-13,17H2/b7-5+/t22?,25-/m1/s1. The minimum atomic E-state index is -0.441. The number of aromatic nitrogens is 4. The molecule has 0 bridgehead atoms. The summed E-state index contributed by atoms with van der Waals surface area (Å²) in [5, 5.41) is 14.5. The summed E-state index contributed by atoms with van der Waals surface area (Å²) in [5.41, 5.74) is 3.64. The predicted octanol–water partition coefficient (Wildman–Crippen LogP) is 4.49. The number of hydrogen-bond donors (Lipinski definition) is 1. The lowest BCUT2D eigenvalue weighted by atomic mass is 10.0. The highest BCUT2D eigenvalue weighted by atomic mass is 19.1. The number of β-amino-alcohol motifs (C(OH)–C–C–N with tert-alkyl or cyclic N) is 1. The summed E-state index contributed by atoms with van der Waals surface area (Å²) < 4.78 is 30.1. The van der Waals surface area contributed by atoms with Gasteiger partial charge in [-0.15, -0.1) is 5.10 Å². The number of hydrogen-bond acceptors (Lipinski definition) is 6. The van der Waals surface area contributed by atoms with Gasteiger partial charge in [0.1, 0.15) is 17.5 Å². The van der Waals surface area contributed by atoms with Gasteiger partial charge in [-0.2, -0.15) is 0 Å². The van der Waals surface area contributed by atoms with Crippen molar-refractivity contribution in [1.82, 2.24) is 19.6 Å². The van der Waals surface area contributed by atoms with E-state index >= 15 is 0 Å². The monoisotopic (exact) mass is 488 g/mol. The number of benzene rings is 1. The van der Waals surface area contributed by atoms with Gasteiger partial charge in [-0.3, -0.25) is 4.98 Å². The summed E-state index contributed by atoms with van der Waals surface area (Å²) in [4.78, 5) is 13.1. The highest BCUT2D eigenvalue weighted by Crippen LogP contribution is 2.36. The number of nitrogens with zero attached hydrogens (tertiary/aromatic N) is 6. The van der Waals surface area contributed by atoms with E-state index in [2.05, 4.69) is 14.9 Å². The van der Waals surface area contributed by atoms with E-state index in [1.165, 1.54) is 12.1 Å². The van der Waals surface area contributed by atoms with Crippen LogP contribution in [-0.2, 0) is 0 Å². The molecule has 1 aromatic carbocycles. The summed E-state index contributed by atoms with van der Waals surface area (Å²) in [6, 6.07) is 11.1. The Kier molecular flexibility index (Phi) is 5.85. The van der Waals surface area contributed by atoms with Crippen molar-refractivity contribution in [2.75, 3.05) is 29.4 Å². The quantitative estimate of drug-likeness (QED) is 0.447. The van der Waals surface area contributed by atoms with Crippen LogP contribution in [0.3, 0.4) is 0 Å². The Hall–Kier alpha value is -3.85. The summed E-state index contributed by atoms with van der Waals surface area (Å²) in [6.07, 6.45) is 9.48. The van der Waals surface area contributed by atoms with Gasteiger partial charge in [-0.1, -0.05) is 0 Å². The molecule has 1 unspecified atom stereocenters. The van der Waals surface area contributed by atoms with Gasteiger partial charge in [0, 0.05) is 25.2 Å². The van der Waals surface area contributed by atoms with Gasteiger partial charge >= 0.3 is 0 Å². The topological polar surface area (TPSA) is 69.8 Å². The van der Waals surface area contributed by atoms with Crippen LogP contribution in [0.1, 0.15) is 42.3 Å². The van der Waals surface area contributed by atoms with E-state index in [4.69, 9.17) is 5.10 Å². The third-order valence-corrected chi connectivity index (χ3v) is 6.96. The normalized spacial score (nSPS) is 20.3. The van der Waals surface area contributed by atoms with Crippen molar-refractivity contribution < 1.29 is 13.9 Å². The van der Waals surface area contributed by atoms with Crippen molar-refractivity contribution in [3.63, 3.8) is 0 Å². The molecule has 4 aromatic rings. The van der Waals surface area contributed by atoms with Crippen molar-refractivity contribution in [3.05, 3.63) is 83.4 Å². The van der Waals surface area contributed by atoms with Crippen LogP contribution in [0.2, 0.25) is 0 Å². The first-order valence-corrected chi connectivity index (χ1v) is 12.2. The molecule has 0 radical (unpaired) electrons. The lowest BCUT2D eigenvalue weighted by Crippen LogP contribution is -2.25. The molecule has 2 aliphatic rings. The van der Waals surface area contributed by atoms with E-state index in [0.29, 0.717) is 30.1 Å². The second-order valence-corrected chi connectivity index (χ2v) is 9.32. The van der Waals surface area contributed by atoms with Crippen molar-refractivity contribution >= 4 is 29.3 Å². The predicted molar refractivity (Wildman–Crippen MR) is 135 cm³/mol. The third kappa shape index (κ3) is 4.30. The molecule has 9 heteroatoms. The Morgan fingerprint density at radius 2 is 1.86 bits per heavy atom. The minimum Gasteiger partial charge on any atom is -0.391 e. The van der Waals surface area contributed by atoms with Crippen molar-refractivity contribution in [3.8, 4) is 0 Å². The molecule has 7 nitrogen and oxygen atoms in total. The van der Waals surface area contributed by atoms with Crippen LogP contribution < -0.4 is 9.80 Å². The fraction of sp³-hybridized carbons (Fsp3) is 0.296. The molecular formula is C27H26F2N6O. The van der Waals surface area contributed by atoms with Crippen LogP contribution in [0, 0.1) is 11.6 Å². The summed E-state index contributed by atoms with van der Waals surface area (Å²) in [5.74, 6) is -0.153. The average Bonchev–Trinajstić information content (AvgIpc) is 3.64. The van der Waals surface area contributed by atoms with Crippen LogP contribution in [0.25, 0.3) is 17.8 Å². The van der Waals surface area contributed by atoms with Gasteiger partial charge < -0.3 is 14.9 Å². The lowest BCUT2D eigenvalue weighted by molar-refractivity contribution is 0.198. The fourth-order valence-corrected chi connectivity index (χ4v) is 5.11. The zero-order valence-electron chi connectivity index (χ0n) is 19.6. The summed E-state index contributed by atoms with van der Waals surface area (Å²) in [7, 11) is 0. The summed E-state index contributed by atoms with van der Waals surface area (Å²) in [6.45, 7) is 2.18. The highest BCUT2D eigenvalue weighted by Gasteiger charge is 2.30. The van der Waals surface area contributed by atoms with E-state index in [9.17, 15) is 13.9 Å². The Morgan fingerprint density at radius 3 is 2.67 bits per heavy atom. The molecule has 2 fully saturated rings. The largest absolute Gasteiger partial charge is 0.391 e. The number of halogens is 2. The first-order chi connectivity index (χ1) is 17.5. The van der Waals surface area contributed by atoms with Crippen molar-refractivity contribution in [2.45, 2.75) is 31.4 Å². The molecular weight excluding hydrogens is 462 g/mol. The molecule has 2 aliphatic heterocycles. The second-order valence-electron chi connectivity index (χ2n) is 9.32. The van der Waals surface area contributed by atoms with Gasteiger partial charge in [0.25, 0.3) is 0 Å². The molecule has 3 aromatic heterocycles. The van der Waals surface area contributed by atoms with E-state index < -0.39 is 11.6 Å². The molecule has 36 heavy (non-hydrogen) atoms. The molecule has 5 heterocycles. The molecule has 6 rings (SSSR count). The summed E-state index contributed by atoms with van der Waals surface area (Å²) >= 11 is 0. The molecule has 0 aliphatic carbocycles. The van der Waals surface area contributed by atoms with Crippen LogP contribution in [-0.4, -0.2) is 50.4 Å². The van der Waals surface area contributed by atoms with E-state index in [0.717, 1.165) is 48.9 Å². The number of rotatable bonds is 5. The Balaban J connectivity index is 1.25. The Labute approximate surface area is 207 Å². The maximum atomic E-state index is 14.5. The van der Waals surface area contributed by atoms with Crippen molar-refractivity contribution in [1.29, 1.82) is 0 Å². The molecule has 2 saturated heterocycles. The SMILES string of the molecule is OC1CCN(c2ccc(/C=C/c3cnc4ccc(N5CCC[C@@H]5c5cc(F)ccc5F)nn34)nc2)C1. The molecule has 1 N–H and O–H groups in total. The van der Waals surface area contributed by atoms with E-state index in [1.54, 1.807) is 10.7 Å². The molecule has 2 atom stereocenters. The lowest BCUT2D eigenvalue weighted by Gasteiger charge is -2.26. The number of aliphatic hydroxyl groups is 1. The first kappa shape index (κ1) is 22.6.